The number of amides is 3. The van der Waals surface area contributed by atoms with E-state index >= 15 is 0 Å². The van der Waals surface area contributed by atoms with E-state index in [1.165, 1.54) is 4.90 Å². The summed E-state index contributed by atoms with van der Waals surface area (Å²) in [7, 11) is 1.79. The fourth-order valence-corrected chi connectivity index (χ4v) is 2.52. The van der Waals surface area contributed by atoms with Crippen LogP contribution in [0.3, 0.4) is 0 Å². The Labute approximate surface area is 135 Å². The zero-order valence-electron chi connectivity index (χ0n) is 13.7. The number of carbonyl (C=O) groups is 3. The van der Waals surface area contributed by atoms with Crippen LogP contribution in [0.4, 0.5) is 11.4 Å². The van der Waals surface area contributed by atoms with E-state index in [2.05, 4.69) is 10.6 Å². The van der Waals surface area contributed by atoms with Crippen LogP contribution < -0.4 is 20.4 Å². The molecule has 0 saturated carbocycles. The van der Waals surface area contributed by atoms with Gasteiger partial charge in [0.2, 0.25) is 5.91 Å². The molecule has 0 fully saturated rings. The van der Waals surface area contributed by atoms with Crippen LogP contribution in [0.25, 0.3) is 0 Å². The van der Waals surface area contributed by atoms with E-state index in [1.807, 2.05) is 19.9 Å². The van der Waals surface area contributed by atoms with Crippen molar-refractivity contribution in [2.45, 2.75) is 19.9 Å². The van der Waals surface area contributed by atoms with Gasteiger partial charge in [-0.25, -0.2) is 0 Å². The zero-order valence-corrected chi connectivity index (χ0v) is 13.7. The standard InChI is InChI=1S/C16H22N4O3/c1-11(2)17-14(21)8-19(3)10-16(23)20-9-15(22)18-12-6-4-5-7-13(12)20/h4-7,11H,8-10H2,1-3H3,(H,17,21)(H,18,22)/p+1. The maximum absolute atomic E-state index is 12.5. The molecule has 7 nitrogen and oxygen atoms in total. The summed E-state index contributed by atoms with van der Waals surface area (Å²) in [6.07, 6.45) is 0. The van der Waals surface area contributed by atoms with Gasteiger partial charge in [0.15, 0.2) is 13.1 Å². The highest BCUT2D eigenvalue weighted by Crippen LogP contribution is 2.28. The molecule has 1 unspecified atom stereocenters. The van der Waals surface area contributed by atoms with Crippen molar-refractivity contribution in [3.63, 3.8) is 0 Å². The molecular formula is C16H23N4O3+. The monoisotopic (exact) mass is 319 g/mol. The molecule has 0 spiro atoms. The van der Waals surface area contributed by atoms with Gasteiger partial charge in [0.25, 0.3) is 11.8 Å². The molecule has 0 saturated heterocycles. The first-order valence-corrected chi connectivity index (χ1v) is 7.66. The van der Waals surface area contributed by atoms with E-state index < -0.39 is 0 Å². The van der Waals surface area contributed by atoms with Crippen LogP contribution in [-0.2, 0) is 14.4 Å². The Morgan fingerprint density at radius 1 is 1.30 bits per heavy atom. The van der Waals surface area contributed by atoms with Gasteiger partial charge in [0.05, 0.1) is 18.4 Å². The summed E-state index contributed by atoms with van der Waals surface area (Å²) in [6, 6.07) is 7.26. The van der Waals surface area contributed by atoms with Gasteiger partial charge in [-0.15, -0.1) is 0 Å². The molecule has 0 radical (unpaired) electrons. The molecule has 124 valence electrons. The van der Waals surface area contributed by atoms with Gasteiger partial charge in [-0.1, -0.05) is 12.1 Å². The lowest BCUT2D eigenvalue weighted by Gasteiger charge is -2.29. The third-order valence-electron chi connectivity index (χ3n) is 3.44. The van der Waals surface area contributed by atoms with Crippen molar-refractivity contribution >= 4 is 29.1 Å². The SMILES string of the molecule is CC(C)NC(=O)C[NH+](C)CC(=O)N1CC(=O)Nc2ccccc21. The fourth-order valence-electron chi connectivity index (χ4n) is 2.52. The Kier molecular flexibility index (Phi) is 5.33. The van der Waals surface area contributed by atoms with Gasteiger partial charge in [-0.2, -0.15) is 0 Å². The number of likely N-dealkylation sites (N-methyl/N-ethyl adjacent to an activating group) is 1. The first-order chi connectivity index (χ1) is 10.9. The molecule has 7 heteroatoms. The maximum Gasteiger partial charge on any atom is 0.282 e. The minimum atomic E-state index is -0.216. The molecule has 23 heavy (non-hydrogen) atoms. The molecule has 1 aliphatic heterocycles. The number of anilines is 2. The number of nitrogens with zero attached hydrogens (tertiary/aromatic N) is 1. The first-order valence-electron chi connectivity index (χ1n) is 7.66. The highest BCUT2D eigenvalue weighted by Gasteiger charge is 2.28. The Bertz CT molecular complexity index is 615. The van der Waals surface area contributed by atoms with E-state index in [1.54, 1.807) is 25.2 Å². The van der Waals surface area contributed by atoms with Gasteiger partial charge in [-0.3, -0.25) is 19.3 Å². The van der Waals surface area contributed by atoms with Gasteiger partial charge < -0.3 is 15.5 Å². The number of fused-ring (bicyclic) bond motifs is 1. The van der Waals surface area contributed by atoms with Crippen LogP contribution >= 0.6 is 0 Å². The first kappa shape index (κ1) is 17.0. The van der Waals surface area contributed by atoms with Crippen molar-refractivity contribution in [1.29, 1.82) is 0 Å². The molecule has 3 amide bonds. The molecule has 1 aromatic rings. The number of para-hydroxylation sites is 2. The van der Waals surface area contributed by atoms with Crippen molar-refractivity contribution in [3.05, 3.63) is 24.3 Å². The molecule has 0 aliphatic carbocycles. The summed E-state index contributed by atoms with van der Waals surface area (Å²) in [4.78, 5) is 38.3. The average molecular weight is 319 g/mol. The third-order valence-corrected chi connectivity index (χ3v) is 3.44. The Morgan fingerprint density at radius 3 is 2.70 bits per heavy atom. The lowest BCUT2D eigenvalue weighted by Crippen LogP contribution is -3.11. The van der Waals surface area contributed by atoms with Gasteiger partial charge >= 0.3 is 0 Å². The highest BCUT2D eigenvalue weighted by molar-refractivity contribution is 6.10. The third kappa shape index (κ3) is 4.53. The smallest absolute Gasteiger partial charge is 0.282 e. The predicted molar refractivity (Wildman–Crippen MR) is 87.3 cm³/mol. The summed E-state index contributed by atoms with van der Waals surface area (Å²) in [6.45, 7) is 4.14. The molecule has 1 atom stereocenters. The van der Waals surface area contributed by atoms with Crippen LogP contribution in [0.1, 0.15) is 13.8 Å². The molecule has 2 rings (SSSR count). The van der Waals surface area contributed by atoms with E-state index in [9.17, 15) is 14.4 Å². The summed E-state index contributed by atoms with van der Waals surface area (Å²) in [5.41, 5.74) is 1.32. The van der Waals surface area contributed by atoms with Gasteiger partial charge in [0, 0.05) is 6.04 Å². The Hall–Kier alpha value is -2.41. The molecule has 3 N–H and O–H groups in total. The van der Waals surface area contributed by atoms with Crippen LogP contribution in [0.2, 0.25) is 0 Å². The van der Waals surface area contributed by atoms with E-state index in [0.29, 0.717) is 11.4 Å². The Morgan fingerprint density at radius 2 is 2.00 bits per heavy atom. The van der Waals surface area contributed by atoms with E-state index in [4.69, 9.17) is 0 Å². The van der Waals surface area contributed by atoms with Crippen molar-refractivity contribution in [2.24, 2.45) is 0 Å². The number of quaternary nitrogens is 1. The van der Waals surface area contributed by atoms with Crippen LogP contribution in [-0.4, -0.2) is 50.4 Å². The number of nitrogens with one attached hydrogen (secondary N) is 3. The van der Waals surface area contributed by atoms with Crippen LogP contribution in [0.5, 0.6) is 0 Å². The average Bonchev–Trinajstić information content (AvgIpc) is 2.44. The molecular weight excluding hydrogens is 296 g/mol. The van der Waals surface area contributed by atoms with E-state index in [-0.39, 0.29) is 43.4 Å². The molecule has 1 heterocycles. The van der Waals surface area contributed by atoms with Gasteiger partial charge in [0.1, 0.15) is 6.54 Å². The Balaban J connectivity index is 2.01. The fraction of sp³-hybridized carbons (Fsp3) is 0.438. The van der Waals surface area contributed by atoms with E-state index in [0.717, 1.165) is 4.90 Å². The normalized spacial score (nSPS) is 15.0. The lowest BCUT2D eigenvalue weighted by atomic mass is 10.2. The summed E-state index contributed by atoms with van der Waals surface area (Å²) >= 11 is 0. The molecule has 0 bridgehead atoms. The maximum atomic E-state index is 12.5. The summed E-state index contributed by atoms with van der Waals surface area (Å²) in [5, 5.41) is 5.55. The van der Waals surface area contributed by atoms with Crippen molar-refractivity contribution in [3.8, 4) is 0 Å². The van der Waals surface area contributed by atoms with Crippen molar-refractivity contribution < 1.29 is 19.3 Å². The minimum Gasteiger partial charge on any atom is -0.349 e. The lowest BCUT2D eigenvalue weighted by molar-refractivity contribution is -0.862. The number of carbonyl (C=O) groups excluding carboxylic acids is 3. The van der Waals surface area contributed by atoms with Crippen molar-refractivity contribution in [1.82, 2.24) is 5.32 Å². The number of hydrogen-bond donors (Lipinski definition) is 3. The van der Waals surface area contributed by atoms with Crippen molar-refractivity contribution in [2.75, 3.05) is 36.9 Å². The number of hydrogen-bond acceptors (Lipinski definition) is 3. The minimum absolute atomic E-state index is 0.00131. The predicted octanol–water partition coefficient (Wildman–Crippen LogP) is -0.989. The number of rotatable bonds is 5. The summed E-state index contributed by atoms with van der Waals surface area (Å²) in [5.74, 6) is -0.489. The second-order valence-electron chi connectivity index (χ2n) is 6.08. The quantitative estimate of drug-likeness (QED) is 0.652. The second-order valence-corrected chi connectivity index (χ2v) is 6.08. The largest absolute Gasteiger partial charge is 0.349 e. The molecule has 1 aromatic carbocycles. The topological polar surface area (TPSA) is 83.0 Å². The highest BCUT2D eigenvalue weighted by atomic mass is 16.2. The summed E-state index contributed by atoms with van der Waals surface area (Å²) < 4.78 is 0. The molecule has 1 aliphatic rings. The zero-order chi connectivity index (χ0) is 17.0. The number of benzene rings is 1. The second kappa shape index (κ2) is 7.23. The van der Waals surface area contributed by atoms with Gasteiger partial charge in [-0.05, 0) is 26.0 Å². The van der Waals surface area contributed by atoms with Crippen LogP contribution in [0.15, 0.2) is 24.3 Å². The van der Waals surface area contributed by atoms with Crippen LogP contribution in [0, 0.1) is 0 Å². The molecule has 0 aromatic heterocycles.